The van der Waals surface area contributed by atoms with Gasteiger partial charge in [-0.05, 0) is 31.5 Å². The SMILES string of the molecule is CC(NP(=O)(OC[C@H]1O[C@@H](n2cnc3c(N(C)NS(C)(=O)=O)ncnc32)[C@](C)(O)[C@@H]1O)Oc1ccccc1)C(=O)OCc1ccccc1. The molecule has 2 unspecified atom stereocenters. The second-order valence-electron chi connectivity index (χ2n) is 11.3. The zero-order valence-electron chi connectivity index (χ0n) is 26.4. The van der Waals surface area contributed by atoms with Crippen molar-refractivity contribution < 1.29 is 46.5 Å². The van der Waals surface area contributed by atoms with Crippen molar-refractivity contribution in [3.8, 4) is 5.75 Å². The highest BCUT2D eigenvalue weighted by Crippen LogP contribution is 2.47. The molecular formula is C29H36N7O10PS. The number of benzene rings is 2. The lowest BCUT2D eigenvalue weighted by atomic mass is 9.96. The molecule has 0 spiro atoms. The predicted molar refractivity (Wildman–Crippen MR) is 172 cm³/mol. The van der Waals surface area contributed by atoms with Gasteiger partial charge in [-0.1, -0.05) is 48.5 Å². The fourth-order valence-electron chi connectivity index (χ4n) is 4.95. The molecule has 0 amide bonds. The van der Waals surface area contributed by atoms with Crippen LogP contribution in [0.1, 0.15) is 25.6 Å². The Morgan fingerprint density at radius 3 is 2.48 bits per heavy atom. The molecule has 4 aromatic rings. The van der Waals surface area contributed by atoms with Crippen molar-refractivity contribution in [1.82, 2.24) is 29.4 Å². The van der Waals surface area contributed by atoms with E-state index in [-0.39, 0.29) is 29.3 Å². The Kier molecular flexibility index (Phi) is 10.5. The van der Waals surface area contributed by atoms with Crippen LogP contribution in [0.3, 0.4) is 0 Å². The van der Waals surface area contributed by atoms with Crippen LogP contribution < -0.4 is 19.5 Å². The number of ether oxygens (including phenoxy) is 2. The van der Waals surface area contributed by atoms with Gasteiger partial charge in [0, 0.05) is 7.05 Å². The van der Waals surface area contributed by atoms with Crippen LogP contribution in [0.5, 0.6) is 5.75 Å². The van der Waals surface area contributed by atoms with Crippen LogP contribution in [0.15, 0.2) is 73.3 Å². The molecule has 48 heavy (non-hydrogen) atoms. The summed E-state index contributed by atoms with van der Waals surface area (Å²) in [6, 6.07) is 16.0. The van der Waals surface area contributed by atoms with E-state index in [2.05, 4.69) is 24.9 Å². The van der Waals surface area contributed by atoms with Crippen LogP contribution in [-0.4, -0.2) is 87.9 Å². The molecule has 258 valence electrons. The van der Waals surface area contributed by atoms with Gasteiger partial charge in [0.1, 0.15) is 42.5 Å². The van der Waals surface area contributed by atoms with Crippen LogP contribution in [0.25, 0.3) is 11.2 Å². The number of aliphatic hydroxyl groups is 2. The molecule has 1 aliphatic heterocycles. The minimum atomic E-state index is -4.35. The van der Waals surface area contributed by atoms with Crippen molar-refractivity contribution in [3.63, 3.8) is 0 Å². The molecule has 1 aliphatic rings. The highest BCUT2D eigenvalue weighted by molar-refractivity contribution is 7.88. The maximum atomic E-state index is 14.0. The summed E-state index contributed by atoms with van der Waals surface area (Å²) in [4.78, 5) is 27.7. The van der Waals surface area contributed by atoms with Crippen LogP contribution in [0.4, 0.5) is 5.82 Å². The number of aliphatic hydroxyl groups excluding tert-OH is 1. The topological polar surface area (TPSA) is 217 Å². The summed E-state index contributed by atoms with van der Waals surface area (Å²) >= 11 is 0. The molecule has 3 heterocycles. The van der Waals surface area contributed by atoms with Gasteiger partial charge < -0.3 is 24.2 Å². The van der Waals surface area contributed by atoms with Gasteiger partial charge >= 0.3 is 13.7 Å². The molecule has 0 radical (unpaired) electrons. The van der Waals surface area contributed by atoms with Gasteiger partial charge in [-0.25, -0.2) is 27.9 Å². The molecule has 17 nitrogen and oxygen atoms in total. The number of carbonyl (C=O) groups excluding carboxylic acids is 1. The molecule has 0 saturated carbocycles. The summed E-state index contributed by atoms with van der Waals surface area (Å²) in [5.41, 5.74) is -0.861. The molecule has 1 fully saturated rings. The number of esters is 1. The number of imidazole rings is 1. The Hall–Kier alpha value is -4.00. The predicted octanol–water partition coefficient (Wildman–Crippen LogP) is 1.66. The number of carbonyl (C=O) groups is 1. The summed E-state index contributed by atoms with van der Waals surface area (Å²) in [6.45, 7) is 2.21. The highest BCUT2D eigenvalue weighted by atomic mass is 32.2. The monoisotopic (exact) mass is 705 g/mol. The van der Waals surface area contributed by atoms with E-state index in [4.69, 9.17) is 18.5 Å². The van der Waals surface area contributed by atoms with Crippen molar-refractivity contribution in [3.05, 3.63) is 78.9 Å². The first-order valence-electron chi connectivity index (χ1n) is 14.6. The minimum Gasteiger partial charge on any atom is -0.460 e. The molecule has 2 aromatic carbocycles. The fourth-order valence-corrected chi connectivity index (χ4v) is 7.04. The van der Waals surface area contributed by atoms with Gasteiger partial charge in [0.05, 0.1) is 19.2 Å². The Morgan fingerprint density at radius 2 is 1.81 bits per heavy atom. The summed E-state index contributed by atoms with van der Waals surface area (Å²) in [7, 11) is -6.56. The average Bonchev–Trinajstić information content (AvgIpc) is 3.56. The quantitative estimate of drug-likeness (QED) is 0.0834. The van der Waals surface area contributed by atoms with Crippen molar-refractivity contribution in [2.75, 3.05) is 24.9 Å². The van der Waals surface area contributed by atoms with E-state index in [1.54, 1.807) is 54.6 Å². The molecule has 1 saturated heterocycles. The molecule has 5 rings (SSSR count). The third kappa shape index (κ3) is 8.16. The Morgan fingerprint density at radius 1 is 1.15 bits per heavy atom. The van der Waals surface area contributed by atoms with E-state index in [1.807, 2.05) is 6.07 Å². The van der Waals surface area contributed by atoms with Crippen molar-refractivity contribution >= 4 is 40.7 Å². The molecular weight excluding hydrogens is 669 g/mol. The van der Waals surface area contributed by atoms with E-state index in [1.165, 1.54) is 38.1 Å². The van der Waals surface area contributed by atoms with Crippen molar-refractivity contribution in [1.29, 1.82) is 0 Å². The summed E-state index contributed by atoms with van der Waals surface area (Å²) < 4.78 is 61.7. The fraction of sp³-hybridized carbons (Fsp3) is 0.379. The standard InChI is InChI=1S/C29H36N7O10PS/c1-19(27(38)43-15-20-11-7-5-8-12-20)33-47(40,46-21-13-9-6-10-14-21)44-16-22-24(37)29(2,39)28(45-22)36-18-32-23-25(30-17-31-26(23)36)35(3)34-48(4,41)42/h5-14,17-19,22,24,28,34,37,39H,15-16H2,1-4H3,(H,33,40)/t19?,22-,24-,28-,29-,47?/m1/s1. The Balaban J connectivity index is 1.33. The Bertz CT molecular complexity index is 1880. The lowest BCUT2D eigenvalue weighted by Gasteiger charge is -2.27. The zero-order chi connectivity index (χ0) is 34.7. The number of aromatic nitrogens is 4. The number of nitrogens with zero attached hydrogens (tertiary/aromatic N) is 5. The van der Waals surface area contributed by atoms with E-state index in [0.717, 1.165) is 16.8 Å². The summed E-state index contributed by atoms with van der Waals surface area (Å²) in [6.07, 6.45) is -0.671. The highest BCUT2D eigenvalue weighted by Gasteiger charge is 2.54. The number of hydrogen-bond donors (Lipinski definition) is 4. The maximum absolute atomic E-state index is 14.0. The molecule has 6 atom stereocenters. The molecule has 0 aliphatic carbocycles. The van der Waals surface area contributed by atoms with Crippen LogP contribution in [0.2, 0.25) is 0 Å². The molecule has 2 aromatic heterocycles. The number of nitrogens with one attached hydrogen (secondary N) is 2. The number of hydrogen-bond acceptors (Lipinski definition) is 14. The smallest absolute Gasteiger partial charge is 0.459 e. The largest absolute Gasteiger partial charge is 0.460 e. The second kappa shape index (κ2) is 14.2. The zero-order valence-corrected chi connectivity index (χ0v) is 28.1. The maximum Gasteiger partial charge on any atom is 0.459 e. The normalized spacial score (nSPS) is 23.0. The van der Waals surface area contributed by atoms with Crippen LogP contribution >= 0.6 is 7.75 Å². The molecule has 0 bridgehead atoms. The number of rotatable bonds is 14. The van der Waals surface area contributed by atoms with E-state index in [0.29, 0.717) is 0 Å². The van der Waals surface area contributed by atoms with Gasteiger partial charge in [-0.15, -0.1) is 4.83 Å². The van der Waals surface area contributed by atoms with Crippen molar-refractivity contribution in [2.24, 2.45) is 0 Å². The molecule has 4 N–H and O–H groups in total. The number of anilines is 1. The average molecular weight is 706 g/mol. The van der Waals surface area contributed by atoms with Gasteiger partial charge in [0.25, 0.3) is 0 Å². The van der Waals surface area contributed by atoms with Crippen LogP contribution in [0, 0.1) is 0 Å². The lowest BCUT2D eigenvalue weighted by molar-refractivity contribution is -0.146. The lowest BCUT2D eigenvalue weighted by Crippen LogP contribution is -2.44. The Labute approximate surface area is 276 Å². The van der Waals surface area contributed by atoms with E-state index in [9.17, 15) is 28.0 Å². The van der Waals surface area contributed by atoms with Crippen LogP contribution in [-0.2, 0) is 40.0 Å². The van der Waals surface area contributed by atoms with Gasteiger partial charge in [-0.2, -0.15) is 5.09 Å². The second-order valence-corrected chi connectivity index (χ2v) is 14.7. The van der Waals surface area contributed by atoms with Gasteiger partial charge in [-0.3, -0.25) is 18.9 Å². The first kappa shape index (κ1) is 35.3. The summed E-state index contributed by atoms with van der Waals surface area (Å²) in [5, 5.41) is 26.3. The molecule has 19 heteroatoms. The van der Waals surface area contributed by atoms with E-state index >= 15 is 0 Å². The number of para-hydroxylation sites is 1. The number of hydrazine groups is 1. The van der Waals surface area contributed by atoms with Gasteiger partial charge in [0.15, 0.2) is 23.2 Å². The van der Waals surface area contributed by atoms with E-state index < -0.39 is 60.4 Å². The minimum absolute atomic E-state index is 0.00514. The van der Waals surface area contributed by atoms with Gasteiger partial charge in [0.2, 0.25) is 10.0 Å². The number of fused-ring (bicyclic) bond motifs is 1. The summed E-state index contributed by atoms with van der Waals surface area (Å²) in [5.74, 6) is -0.430. The number of sulfonamides is 1. The third-order valence-corrected chi connectivity index (χ3v) is 9.52. The first-order valence-corrected chi connectivity index (χ1v) is 18.0. The third-order valence-electron chi connectivity index (χ3n) is 7.27. The van der Waals surface area contributed by atoms with Crippen molar-refractivity contribution in [2.45, 2.75) is 50.5 Å². The first-order chi connectivity index (χ1) is 22.7.